The second kappa shape index (κ2) is 4.91. The molecule has 0 unspecified atom stereocenters. The summed E-state index contributed by atoms with van der Waals surface area (Å²) in [5.74, 6) is 0.436. The van der Waals surface area contributed by atoms with Crippen LogP contribution in [0.5, 0.6) is 0 Å². The third kappa shape index (κ3) is 2.41. The van der Waals surface area contributed by atoms with Gasteiger partial charge in [0.15, 0.2) is 0 Å². The van der Waals surface area contributed by atoms with Crippen molar-refractivity contribution in [1.29, 1.82) is 0 Å². The van der Waals surface area contributed by atoms with Crippen molar-refractivity contribution in [2.45, 2.75) is 13.8 Å². The predicted octanol–water partition coefficient (Wildman–Crippen LogP) is 3.02. The van der Waals surface area contributed by atoms with Crippen LogP contribution in [0, 0.1) is 12.7 Å². The second-order valence-corrected chi connectivity index (χ2v) is 3.77. The first kappa shape index (κ1) is 11.5. The number of aryl methyl sites for hydroxylation is 1. The van der Waals surface area contributed by atoms with E-state index in [1.165, 1.54) is 6.07 Å². The van der Waals surface area contributed by atoms with Crippen LogP contribution in [0.3, 0.4) is 0 Å². The number of benzene rings is 1. The second-order valence-electron chi connectivity index (χ2n) is 3.77. The molecule has 1 N–H and O–H groups in total. The van der Waals surface area contributed by atoms with Crippen molar-refractivity contribution in [3.63, 3.8) is 0 Å². The topological polar surface area (TPSA) is 37.8 Å². The van der Waals surface area contributed by atoms with Gasteiger partial charge in [0, 0.05) is 12.1 Å². The average molecular weight is 231 g/mol. The molecule has 1 aromatic heterocycles. The van der Waals surface area contributed by atoms with E-state index in [1.54, 1.807) is 18.2 Å². The van der Waals surface area contributed by atoms with Gasteiger partial charge >= 0.3 is 0 Å². The van der Waals surface area contributed by atoms with Gasteiger partial charge in [-0.25, -0.2) is 4.39 Å². The van der Waals surface area contributed by atoms with Crippen molar-refractivity contribution >= 4 is 5.82 Å². The third-order valence-corrected chi connectivity index (χ3v) is 2.47. The van der Waals surface area contributed by atoms with Crippen molar-refractivity contribution < 1.29 is 4.39 Å². The molecule has 0 radical (unpaired) electrons. The Morgan fingerprint density at radius 3 is 2.65 bits per heavy atom. The zero-order chi connectivity index (χ0) is 12.3. The van der Waals surface area contributed by atoms with E-state index in [1.807, 2.05) is 19.9 Å². The molecule has 1 aromatic carbocycles. The maximum Gasteiger partial charge on any atom is 0.148 e. The highest BCUT2D eigenvalue weighted by Gasteiger charge is 2.09. The number of halogens is 1. The SMILES string of the molecule is CCNc1cc(C)c(-c2ccccc2F)nn1. The van der Waals surface area contributed by atoms with E-state index in [9.17, 15) is 4.39 Å². The summed E-state index contributed by atoms with van der Waals surface area (Å²) < 4.78 is 13.6. The molecule has 88 valence electrons. The van der Waals surface area contributed by atoms with E-state index in [2.05, 4.69) is 15.5 Å². The number of hydrogen-bond acceptors (Lipinski definition) is 3. The summed E-state index contributed by atoms with van der Waals surface area (Å²) >= 11 is 0. The van der Waals surface area contributed by atoms with Crippen LogP contribution in [0.2, 0.25) is 0 Å². The van der Waals surface area contributed by atoms with Crippen LogP contribution in [-0.4, -0.2) is 16.7 Å². The molecule has 3 nitrogen and oxygen atoms in total. The highest BCUT2D eigenvalue weighted by Crippen LogP contribution is 2.24. The van der Waals surface area contributed by atoms with Gasteiger partial charge in [-0.05, 0) is 37.6 Å². The molecule has 0 amide bonds. The largest absolute Gasteiger partial charge is 0.369 e. The van der Waals surface area contributed by atoms with Crippen molar-refractivity contribution in [3.05, 3.63) is 41.7 Å². The summed E-state index contributed by atoms with van der Waals surface area (Å²) in [6.07, 6.45) is 0. The van der Waals surface area contributed by atoms with Crippen LogP contribution in [-0.2, 0) is 0 Å². The normalized spacial score (nSPS) is 10.3. The Hall–Kier alpha value is -1.97. The number of anilines is 1. The Labute approximate surface area is 99.7 Å². The van der Waals surface area contributed by atoms with Crippen LogP contribution in [0.4, 0.5) is 10.2 Å². The third-order valence-electron chi connectivity index (χ3n) is 2.47. The molecule has 0 aliphatic rings. The van der Waals surface area contributed by atoms with Crippen molar-refractivity contribution in [2.24, 2.45) is 0 Å². The molecule has 0 saturated carbocycles. The molecule has 0 bridgehead atoms. The number of hydrogen-bond donors (Lipinski definition) is 1. The highest BCUT2D eigenvalue weighted by molar-refractivity contribution is 5.64. The zero-order valence-corrected chi connectivity index (χ0v) is 9.87. The Bertz CT molecular complexity index is 526. The zero-order valence-electron chi connectivity index (χ0n) is 9.87. The minimum Gasteiger partial charge on any atom is -0.369 e. The molecule has 0 atom stereocenters. The Morgan fingerprint density at radius 2 is 2.00 bits per heavy atom. The summed E-state index contributed by atoms with van der Waals surface area (Å²) in [6.45, 7) is 4.67. The molecule has 17 heavy (non-hydrogen) atoms. The molecule has 0 aliphatic heterocycles. The van der Waals surface area contributed by atoms with Crippen LogP contribution in [0.25, 0.3) is 11.3 Å². The maximum absolute atomic E-state index is 13.6. The van der Waals surface area contributed by atoms with Crippen LogP contribution in [0.1, 0.15) is 12.5 Å². The van der Waals surface area contributed by atoms with Gasteiger partial charge in [-0.1, -0.05) is 12.1 Å². The monoisotopic (exact) mass is 231 g/mol. The lowest BCUT2D eigenvalue weighted by molar-refractivity contribution is 0.630. The quantitative estimate of drug-likeness (QED) is 0.882. The molecule has 0 spiro atoms. The molecular formula is C13H14FN3. The minimum atomic E-state index is -0.277. The van der Waals surface area contributed by atoms with E-state index in [0.29, 0.717) is 17.1 Å². The lowest BCUT2D eigenvalue weighted by Gasteiger charge is -2.07. The lowest BCUT2D eigenvalue weighted by atomic mass is 10.1. The Kier molecular flexibility index (Phi) is 3.32. The van der Waals surface area contributed by atoms with Gasteiger partial charge in [0.1, 0.15) is 11.6 Å². The fraction of sp³-hybridized carbons (Fsp3) is 0.231. The first-order chi connectivity index (χ1) is 8.22. The molecule has 0 aliphatic carbocycles. The van der Waals surface area contributed by atoms with Gasteiger partial charge in [0.25, 0.3) is 0 Å². The van der Waals surface area contributed by atoms with Gasteiger partial charge in [0.2, 0.25) is 0 Å². The van der Waals surface area contributed by atoms with Crippen LogP contribution >= 0.6 is 0 Å². The van der Waals surface area contributed by atoms with Gasteiger partial charge in [-0.3, -0.25) is 0 Å². The van der Waals surface area contributed by atoms with Gasteiger partial charge in [-0.2, -0.15) is 0 Å². The fourth-order valence-electron chi connectivity index (χ4n) is 1.67. The van der Waals surface area contributed by atoms with E-state index in [-0.39, 0.29) is 5.82 Å². The predicted molar refractivity (Wildman–Crippen MR) is 66.3 cm³/mol. The standard InChI is InChI=1S/C13H14FN3/c1-3-15-12-8-9(2)13(17-16-12)10-6-4-5-7-11(10)14/h4-8H,3H2,1-2H3,(H,15,16). The van der Waals surface area contributed by atoms with Gasteiger partial charge in [-0.15, -0.1) is 10.2 Å². The number of aromatic nitrogens is 2. The van der Waals surface area contributed by atoms with Crippen molar-refractivity contribution in [3.8, 4) is 11.3 Å². The van der Waals surface area contributed by atoms with E-state index in [0.717, 1.165) is 12.1 Å². The van der Waals surface area contributed by atoms with Gasteiger partial charge < -0.3 is 5.32 Å². The smallest absolute Gasteiger partial charge is 0.148 e. The van der Waals surface area contributed by atoms with Crippen LogP contribution < -0.4 is 5.32 Å². The first-order valence-corrected chi connectivity index (χ1v) is 5.55. The molecule has 2 aromatic rings. The van der Waals surface area contributed by atoms with Crippen molar-refractivity contribution in [1.82, 2.24) is 10.2 Å². The summed E-state index contributed by atoms with van der Waals surface area (Å²) in [7, 11) is 0. The molecule has 0 saturated heterocycles. The van der Waals surface area contributed by atoms with E-state index in [4.69, 9.17) is 0 Å². The molecule has 4 heteroatoms. The molecule has 1 heterocycles. The highest BCUT2D eigenvalue weighted by atomic mass is 19.1. The van der Waals surface area contributed by atoms with Crippen molar-refractivity contribution in [2.75, 3.05) is 11.9 Å². The van der Waals surface area contributed by atoms with Gasteiger partial charge in [0.05, 0.1) is 5.69 Å². The number of rotatable bonds is 3. The molecular weight excluding hydrogens is 217 g/mol. The van der Waals surface area contributed by atoms with Crippen LogP contribution in [0.15, 0.2) is 30.3 Å². The minimum absolute atomic E-state index is 0.277. The first-order valence-electron chi connectivity index (χ1n) is 5.55. The van der Waals surface area contributed by atoms with E-state index >= 15 is 0 Å². The molecule has 2 rings (SSSR count). The van der Waals surface area contributed by atoms with E-state index < -0.39 is 0 Å². The Morgan fingerprint density at radius 1 is 1.24 bits per heavy atom. The summed E-state index contributed by atoms with van der Waals surface area (Å²) in [5.41, 5.74) is 1.98. The summed E-state index contributed by atoms with van der Waals surface area (Å²) in [5, 5.41) is 11.2. The number of nitrogens with one attached hydrogen (secondary N) is 1. The summed E-state index contributed by atoms with van der Waals surface area (Å²) in [6, 6.07) is 8.46. The Balaban J connectivity index is 2.44. The molecule has 0 fully saturated rings. The summed E-state index contributed by atoms with van der Waals surface area (Å²) in [4.78, 5) is 0. The fourth-order valence-corrected chi connectivity index (χ4v) is 1.67. The lowest BCUT2D eigenvalue weighted by Crippen LogP contribution is -2.03. The number of nitrogens with zero attached hydrogens (tertiary/aromatic N) is 2. The maximum atomic E-state index is 13.6. The average Bonchev–Trinajstić information content (AvgIpc) is 2.31.